The first kappa shape index (κ1) is 16.1. The van der Waals surface area contributed by atoms with Gasteiger partial charge in [-0.25, -0.2) is 0 Å². The van der Waals surface area contributed by atoms with E-state index in [2.05, 4.69) is 103 Å². The van der Waals surface area contributed by atoms with Crippen LogP contribution in [0.25, 0.3) is 11.1 Å². The van der Waals surface area contributed by atoms with Crippen LogP contribution >= 0.6 is 0 Å². The third kappa shape index (κ3) is 3.60. The monoisotopic (exact) mass is 316 g/mol. The van der Waals surface area contributed by atoms with Gasteiger partial charge in [-0.3, -0.25) is 0 Å². The van der Waals surface area contributed by atoms with Crippen LogP contribution in [-0.4, -0.2) is 13.1 Å². The second kappa shape index (κ2) is 7.69. The first-order valence-electron chi connectivity index (χ1n) is 8.58. The van der Waals surface area contributed by atoms with Crippen molar-refractivity contribution in [3.8, 4) is 11.1 Å². The van der Waals surface area contributed by atoms with Crippen LogP contribution in [0.1, 0.15) is 13.8 Å². The number of hydrogen-bond acceptors (Lipinski definition) is 2. The predicted molar refractivity (Wildman–Crippen MR) is 105 cm³/mol. The molecule has 0 unspecified atom stereocenters. The smallest absolute Gasteiger partial charge is 0.0411 e. The molecular weight excluding hydrogens is 292 g/mol. The molecule has 122 valence electrons. The Labute approximate surface area is 144 Å². The van der Waals surface area contributed by atoms with Crippen LogP contribution in [0.2, 0.25) is 0 Å². The van der Waals surface area contributed by atoms with Gasteiger partial charge in [0.1, 0.15) is 0 Å². The molecule has 0 aromatic heterocycles. The Balaban J connectivity index is 1.82. The van der Waals surface area contributed by atoms with E-state index in [4.69, 9.17) is 0 Å². The Morgan fingerprint density at radius 1 is 0.667 bits per heavy atom. The summed E-state index contributed by atoms with van der Waals surface area (Å²) >= 11 is 0. The normalized spacial score (nSPS) is 10.4. The SMILES string of the molecule is CCNc1ccc(-c2ccc(N(CC)c3ccccc3)cc2)cc1. The molecule has 2 nitrogen and oxygen atoms in total. The van der Waals surface area contributed by atoms with E-state index in [1.807, 2.05) is 0 Å². The molecule has 24 heavy (non-hydrogen) atoms. The third-order valence-corrected chi connectivity index (χ3v) is 4.16. The molecule has 0 spiro atoms. The average molecular weight is 316 g/mol. The Morgan fingerprint density at radius 3 is 1.75 bits per heavy atom. The maximum absolute atomic E-state index is 3.33. The Hall–Kier alpha value is -2.74. The minimum atomic E-state index is 0.945. The van der Waals surface area contributed by atoms with Crippen molar-refractivity contribution in [2.24, 2.45) is 0 Å². The third-order valence-electron chi connectivity index (χ3n) is 4.16. The lowest BCUT2D eigenvalue weighted by atomic mass is 10.0. The van der Waals surface area contributed by atoms with E-state index in [0.717, 1.165) is 13.1 Å². The van der Waals surface area contributed by atoms with Gasteiger partial charge in [0.25, 0.3) is 0 Å². The van der Waals surface area contributed by atoms with Crippen molar-refractivity contribution < 1.29 is 0 Å². The molecule has 3 aromatic rings. The molecule has 0 aliphatic heterocycles. The van der Waals surface area contributed by atoms with Gasteiger partial charge in [-0.05, 0) is 61.4 Å². The summed E-state index contributed by atoms with van der Waals surface area (Å²) in [5.41, 5.74) is 6.09. The van der Waals surface area contributed by atoms with Crippen LogP contribution in [0, 0.1) is 0 Å². The maximum atomic E-state index is 3.33. The summed E-state index contributed by atoms with van der Waals surface area (Å²) in [5, 5.41) is 3.33. The van der Waals surface area contributed by atoms with Crippen LogP contribution in [0.5, 0.6) is 0 Å². The van der Waals surface area contributed by atoms with Crippen LogP contribution in [0.3, 0.4) is 0 Å². The second-order valence-electron chi connectivity index (χ2n) is 5.73. The van der Waals surface area contributed by atoms with E-state index in [1.165, 1.54) is 28.2 Å². The van der Waals surface area contributed by atoms with Crippen molar-refractivity contribution in [1.29, 1.82) is 0 Å². The Bertz CT molecular complexity index is 746. The molecule has 0 saturated carbocycles. The first-order valence-corrected chi connectivity index (χ1v) is 8.58. The van der Waals surface area contributed by atoms with Crippen molar-refractivity contribution in [2.45, 2.75) is 13.8 Å². The molecule has 0 saturated heterocycles. The zero-order chi connectivity index (χ0) is 16.8. The molecule has 0 bridgehead atoms. The molecule has 0 aliphatic rings. The summed E-state index contributed by atoms with van der Waals surface area (Å²) in [4.78, 5) is 2.32. The number of nitrogens with one attached hydrogen (secondary N) is 1. The maximum Gasteiger partial charge on any atom is 0.0411 e. The highest BCUT2D eigenvalue weighted by molar-refractivity contribution is 5.70. The topological polar surface area (TPSA) is 15.3 Å². The molecule has 0 heterocycles. The molecule has 1 N–H and O–H groups in total. The largest absolute Gasteiger partial charge is 0.385 e. The summed E-state index contributed by atoms with van der Waals surface area (Å²) < 4.78 is 0. The van der Waals surface area contributed by atoms with Crippen LogP contribution in [0.4, 0.5) is 17.1 Å². The van der Waals surface area contributed by atoms with E-state index in [-0.39, 0.29) is 0 Å². The first-order chi connectivity index (χ1) is 11.8. The number of rotatable bonds is 6. The highest BCUT2D eigenvalue weighted by atomic mass is 15.1. The Morgan fingerprint density at radius 2 is 1.21 bits per heavy atom. The fraction of sp³-hybridized carbons (Fsp3) is 0.182. The summed E-state index contributed by atoms with van der Waals surface area (Å²) in [6.07, 6.45) is 0. The highest BCUT2D eigenvalue weighted by Crippen LogP contribution is 2.28. The van der Waals surface area contributed by atoms with Gasteiger partial charge < -0.3 is 10.2 Å². The molecular formula is C22H24N2. The predicted octanol–water partition coefficient (Wildman–Crippen LogP) is 5.94. The van der Waals surface area contributed by atoms with Gasteiger partial charge in [0.05, 0.1) is 0 Å². The summed E-state index contributed by atoms with van der Waals surface area (Å²) in [6.45, 7) is 6.18. The number of nitrogens with zero attached hydrogens (tertiary/aromatic N) is 1. The van der Waals surface area contributed by atoms with Crippen LogP contribution in [0.15, 0.2) is 78.9 Å². The number of benzene rings is 3. The minimum absolute atomic E-state index is 0.945. The van der Waals surface area contributed by atoms with Gasteiger partial charge in [-0.2, -0.15) is 0 Å². The summed E-state index contributed by atoms with van der Waals surface area (Å²) in [7, 11) is 0. The lowest BCUT2D eigenvalue weighted by molar-refractivity contribution is 1.02. The quantitative estimate of drug-likeness (QED) is 0.605. The van der Waals surface area contributed by atoms with E-state index >= 15 is 0 Å². The second-order valence-corrected chi connectivity index (χ2v) is 5.73. The molecule has 0 radical (unpaired) electrons. The Kier molecular flexibility index (Phi) is 5.17. The van der Waals surface area contributed by atoms with Gasteiger partial charge in [0.2, 0.25) is 0 Å². The number of para-hydroxylation sites is 1. The van der Waals surface area contributed by atoms with Crippen molar-refractivity contribution in [1.82, 2.24) is 0 Å². The molecule has 3 aromatic carbocycles. The van der Waals surface area contributed by atoms with Gasteiger partial charge in [0, 0.05) is 30.2 Å². The molecule has 0 atom stereocenters. The number of anilines is 3. The lowest BCUT2D eigenvalue weighted by Crippen LogP contribution is -2.15. The van der Waals surface area contributed by atoms with Crippen molar-refractivity contribution in [2.75, 3.05) is 23.3 Å². The highest BCUT2D eigenvalue weighted by Gasteiger charge is 2.07. The molecule has 0 fully saturated rings. The van der Waals surface area contributed by atoms with Gasteiger partial charge >= 0.3 is 0 Å². The molecule has 2 heteroatoms. The minimum Gasteiger partial charge on any atom is -0.385 e. The zero-order valence-corrected chi connectivity index (χ0v) is 14.4. The van der Waals surface area contributed by atoms with Gasteiger partial charge in [0.15, 0.2) is 0 Å². The zero-order valence-electron chi connectivity index (χ0n) is 14.4. The van der Waals surface area contributed by atoms with Crippen LogP contribution in [-0.2, 0) is 0 Å². The lowest BCUT2D eigenvalue weighted by Gasteiger charge is -2.23. The van der Waals surface area contributed by atoms with E-state index < -0.39 is 0 Å². The fourth-order valence-electron chi connectivity index (χ4n) is 2.94. The fourth-order valence-corrected chi connectivity index (χ4v) is 2.94. The average Bonchev–Trinajstić information content (AvgIpc) is 2.65. The van der Waals surface area contributed by atoms with E-state index in [0.29, 0.717) is 0 Å². The van der Waals surface area contributed by atoms with E-state index in [1.54, 1.807) is 0 Å². The van der Waals surface area contributed by atoms with Gasteiger partial charge in [-0.1, -0.05) is 42.5 Å². The van der Waals surface area contributed by atoms with Gasteiger partial charge in [-0.15, -0.1) is 0 Å². The summed E-state index contributed by atoms with van der Waals surface area (Å²) in [6, 6.07) is 27.9. The summed E-state index contributed by atoms with van der Waals surface area (Å²) in [5.74, 6) is 0. The van der Waals surface area contributed by atoms with Crippen molar-refractivity contribution in [3.63, 3.8) is 0 Å². The van der Waals surface area contributed by atoms with Crippen molar-refractivity contribution in [3.05, 3.63) is 78.9 Å². The number of hydrogen-bond donors (Lipinski definition) is 1. The standard InChI is InChI=1S/C22H24N2/c1-3-23-20-14-10-18(11-15-20)19-12-16-22(17-13-19)24(4-2)21-8-6-5-7-9-21/h5-17,23H,3-4H2,1-2H3. The van der Waals surface area contributed by atoms with Crippen LogP contribution < -0.4 is 10.2 Å². The molecule has 0 aliphatic carbocycles. The molecule has 3 rings (SSSR count). The van der Waals surface area contributed by atoms with E-state index in [9.17, 15) is 0 Å². The van der Waals surface area contributed by atoms with Crippen molar-refractivity contribution >= 4 is 17.1 Å². The molecule has 0 amide bonds.